The molecular weight excluding hydrogens is 220 g/mol. The van der Waals surface area contributed by atoms with Crippen LogP contribution in [0.1, 0.15) is 44.1 Å². The fraction of sp³-hybridized carbons (Fsp3) is 0.625. The van der Waals surface area contributed by atoms with Gasteiger partial charge in [0.2, 0.25) is 0 Å². The van der Waals surface area contributed by atoms with Gasteiger partial charge in [0.05, 0.1) is 0 Å². The van der Waals surface area contributed by atoms with E-state index in [-0.39, 0.29) is 0 Å². The SMILES string of the molecule is NCc1ccc(N2CC3(CCCCCC3)C2)cc1. The molecule has 0 amide bonds. The first kappa shape index (κ1) is 12.0. The molecule has 0 atom stereocenters. The third-order valence-corrected chi connectivity index (χ3v) is 4.75. The molecule has 1 spiro atoms. The lowest BCUT2D eigenvalue weighted by molar-refractivity contribution is 0.180. The van der Waals surface area contributed by atoms with Gasteiger partial charge in [-0.25, -0.2) is 0 Å². The Morgan fingerprint density at radius 3 is 2.11 bits per heavy atom. The van der Waals surface area contributed by atoms with Gasteiger partial charge < -0.3 is 10.6 Å². The summed E-state index contributed by atoms with van der Waals surface area (Å²) in [5.74, 6) is 0. The molecule has 1 heterocycles. The normalized spacial score (nSPS) is 22.6. The van der Waals surface area contributed by atoms with Crippen molar-refractivity contribution in [3.05, 3.63) is 29.8 Å². The molecule has 0 aromatic heterocycles. The topological polar surface area (TPSA) is 29.3 Å². The van der Waals surface area contributed by atoms with Crippen LogP contribution in [-0.2, 0) is 6.54 Å². The van der Waals surface area contributed by atoms with Gasteiger partial charge in [0.25, 0.3) is 0 Å². The van der Waals surface area contributed by atoms with Crippen LogP contribution in [0.4, 0.5) is 5.69 Å². The van der Waals surface area contributed by atoms with Gasteiger partial charge in [-0.3, -0.25) is 0 Å². The molecule has 18 heavy (non-hydrogen) atoms. The van der Waals surface area contributed by atoms with Crippen LogP contribution in [0.3, 0.4) is 0 Å². The Morgan fingerprint density at radius 1 is 0.944 bits per heavy atom. The molecule has 1 saturated carbocycles. The molecule has 2 heteroatoms. The number of hydrogen-bond donors (Lipinski definition) is 1. The standard InChI is InChI=1S/C16H24N2/c17-11-14-5-7-15(8-6-14)18-12-16(13-18)9-3-1-2-4-10-16/h5-8H,1-4,9-13,17H2. The highest BCUT2D eigenvalue weighted by atomic mass is 15.2. The summed E-state index contributed by atoms with van der Waals surface area (Å²) >= 11 is 0. The molecule has 2 aliphatic rings. The molecule has 1 aliphatic carbocycles. The molecule has 3 rings (SSSR count). The summed E-state index contributed by atoms with van der Waals surface area (Å²) in [6.07, 6.45) is 8.69. The quantitative estimate of drug-likeness (QED) is 0.865. The molecule has 1 aromatic rings. The van der Waals surface area contributed by atoms with Crippen LogP contribution in [0.25, 0.3) is 0 Å². The van der Waals surface area contributed by atoms with Gasteiger partial charge in [0.15, 0.2) is 0 Å². The fourth-order valence-electron chi connectivity index (χ4n) is 3.58. The first-order valence-corrected chi connectivity index (χ1v) is 7.35. The number of benzene rings is 1. The van der Waals surface area contributed by atoms with E-state index in [9.17, 15) is 0 Å². The third kappa shape index (κ3) is 2.26. The highest BCUT2D eigenvalue weighted by Gasteiger charge is 2.42. The maximum absolute atomic E-state index is 5.64. The van der Waals surface area contributed by atoms with E-state index in [1.165, 1.54) is 62.9 Å². The number of anilines is 1. The van der Waals surface area contributed by atoms with Crippen molar-refractivity contribution in [1.82, 2.24) is 0 Å². The van der Waals surface area contributed by atoms with Crippen molar-refractivity contribution in [3.8, 4) is 0 Å². The van der Waals surface area contributed by atoms with Crippen molar-refractivity contribution >= 4 is 5.69 Å². The van der Waals surface area contributed by atoms with Gasteiger partial charge in [-0.15, -0.1) is 0 Å². The Morgan fingerprint density at radius 2 is 1.56 bits per heavy atom. The lowest BCUT2D eigenvalue weighted by atomic mass is 9.73. The van der Waals surface area contributed by atoms with Crippen LogP contribution >= 0.6 is 0 Å². The van der Waals surface area contributed by atoms with Crippen LogP contribution in [-0.4, -0.2) is 13.1 Å². The number of hydrogen-bond acceptors (Lipinski definition) is 2. The first-order valence-electron chi connectivity index (χ1n) is 7.35. The van der Waals surface area contributed by atoms with Crippen molar-refractivity contribution in [2.75, 3.05) is 18.0 Å². The molecule has 0 radical (unpaired) electrons. The molecule has 98 valence electrons. The van der Waals surface area contributed by atoms with Crippen molar-refractivity contribution in [2.24, 2.45) is 11.1 Å². The van der Waals surface area contributed by atoms with Gasteiger partial charge in [-0.05, 0) is 30.5 Å². The van der Waals surface area contributed by atoms with Gasteiger partial charge in [-0.1, -0.05) is 37.8 Å². The Bertz CT molecular complexity index is 380. The monoisotopic (exact) mass is 244 g/mol. The second kappa shape index (κ2) is 4.93. The highest BCUT2D eigenvalue weighted by Crippen LogP contribution is 2.44. The first-order chi connectivity index (χ1) is 8.81. The Hall–Kier alpha value is -1.02. The van der Waals surface area contributed by atoms with E-state index in [0.717, 1.165) is 0 Å². The Labute approximate surface area is 110 Å². The van der Waals surface area contributed by atoms with Gasteiger partial charge in [-0.2, -0.15) is 0 Å². The molecule has 0 bridgehead atoms. The maximum atomic E-state index is 5.64. The fourth-order valence-corrected chi connectivity index (χ4v) is 3.58. The van der Waals surface area contributed by atoms with Crippen LogP contribution in [0.15, 0.2) is 24.3 Å². The minimum absolute atomic E-state index is 0.643. The number of nitrogens with zero attached hydrogens (tertiary/aromatic N) is 1. The number of rotatable bonds is 2. The molecule has 2 nitrogen and oxygen atoms in total. The van der Waals surface area contributed by atoms with Crippen molar-refractivity contribution in [2.45, 2.75) is 45.1 Å². The largest absolute Gasteiger partial charge is 0.370 e. The molecule has 1 saturated heterocycles. The highest BCUT2D eigenvalue weighted by molar-refractivity contribution is 5.50. The summed E-state index contributed by atoms with van der Waals surface area (Å²) in [5, 5.41) is 0. The lowest BCUT2D eigenvalue weighted by Crippen LogP contribution is -2.56. The van der Waals surface area contributed by atoms with E-state index in [2.05, 4.69) is 29.2 Å². The van der Waals surface area contributed by atoms with Gasteiger partial charge in [0.1, 0.15) is 0 Å². The number of nitrogens with two attached hydrogens (primary N) is 1. The lowest BCUT2D eigenvalue weighted by Gasteiger charge is -2.51. The van der Waals surface area contributed by atoms with Crippen molar-refractivity contribution in [3.63, 3.8) is 0 Å². The average Bonchev–Trinajstić information content (AvgIpc) is 2.63. The van der Waals surface area contributed by atoms with Crippen LogP contribution < -0.4 is 10.6 Å². The van der Waals surface area contributed by atoms with Crippen LogP contribution in [0, 0.1) is 5.41 Å². The molecular formula is C16H24N2. The van der Waals surface area contributed by atoms with E-state index in [0.29, 0.717) is 12.0 Å². The van der Waals surface area contributed by atoms with E-state index in [1.54, 1.807) is 0 Å². The maximum Gasteiger partial charge on any atom is 0.0366 e. The predicted molar refractivity (Wildman–Crippen MR) is 76.7 cm³/mol. The zero-order chi connectivity index (χ0) is 12.4. The second-order valence-corrected chi connectivity index (χ2v) is 6.14. The third-order valence-electron chi connectivity index (χ3n) is 4.75. The zero-order valence-electron chi connectivity index (χ0n) is 11.2. The van der Waals surface area contributed by atoms with E-state index >= 15 is 0 Å². The van der Waals surface area contributed by atoms with Crippen molar-refractivity contribution in [1.29, 1.82) is 0 Å². The van der Waals surface area contributed by atoms with Crippen LogP contribution in [0.5, 0.6) is 0 Å². The molecule has 1 aliphatic heterocycles. The summed E-state index contributed by atoms with van der Waals surface area (Å²) in [6.45, 7) is 3.19. The summed E-state index contributed by atoms with van der Waals surface area (Å²) < 4.78 is 0. The smallest absolute Gasteiger partial charge is 0.0366 e. The summed E-state index contributed by atoms with van der Waals surface area (Å²) in [7, 11) is 0. The summed E-state index contributed by atoms with van der Waals surface area (Å²) in [6, 6.07) is 8.78. The van der Waals surface area contributed by atoms with E-state index in [1.807, 2.05) is 0 Å². The van der Waals surface area contributed by atoms with Gasteiger partial charge >= 0.3 is 0 Å². The van der Waals surface area contributed by atoms with Crippen LogP contribution in [0.2, 0.25) is 0 Å². The minimum Gasteiger partial charge on any atom is -0.370 e. The molecule has 2 fully saturated rings. The van der Waals surface area contributed by atoms with E-state index < -0.39 is 0 Å². The summed E-state index contributed by atoms with van der Waals surface area (Å²) in [4.78, 5) is 2.53. The van der Waals surface area contributed by atoms with Gasteiger partial charge in [0, 0.05) is 30.7 Å². The zero-order valence-corrected chi connectivity index (χ0v) is 11.2. The average molecular weight is 244 g/mol. The second-order valence-electron chi connectivity index (χ2n) is 6.14. The van der Waals surface area contributed by atoms with Crippen molar-refractivity contribution < 1.29 is 0 Å². The minimum atomic E-state index is 0.643. The Balaban J connectivity index is 1.63. The molecule has 1 aromatic carbocycles. The summed E-state index contributed by atoms with van der Waals surface area (Å²) in [5.41, 5.74) is 8.90. The predicted octanol–water partition coefficient (Wildman–Crippen LogP) is 3.31. The van der Waals surface area contributed by atoms with E-state index in [4.69, 9.17) is 5.73 Å². The molecule has 2 N–H and O–H groups in total. The Kier molecular flexibility index (Phi) is 3.29. The molecule has 0 unspecified atom stereocenters.